The van der Waals surface area contributed by atoms with Gasteiger partial charge < -0.3 is 21.3 Å². The molecule has 0 spiro atoms. The molecule has 36 heavy (non-hydrogen) atoms. The first kappa shape index (κ1) is 26.9. The van der Waals surface area contributed by atoms with E-state index in [0.717, 1.165) is 49.6 Å². The zero-order valence-electron chi connectivity index (χ0n) is 20.0. The Morgan fingerprint density at radius 2 is 1.78 bits per heavy atom. The van der Waals surface area contributed by atoms with Crippen molar-refractivity contribution in [3.8, 4) is 0 Å². The predicted molar refractivity (Wildman–Crippen MR) is 137 cm³/mol. The standard InChI is InChI=1S/C23H32F2N6O3S2/c24-17-4-3-5-18(25)19(17)20(32)21-22(26)29-23(35-21)28-16-6-12-31(13-7-16)36(33,34)15-9-27-8-14-30-10-1-2-11-30/h3-5,16,27H,1-2,6-15,26H2,(H,28,29). The fourth-order valence-corrected chi connectivity index (χ4v) is 6.87. The van der Waals surface area contributed by atoms with Gasteiger partial charge in [-0.2, -0.15) is 0 Å². The second-order valence-electron chi connectivity index (χ2n) is 9.09. The summed E-state index contributed by atoms with van der Waals surface area (Å²) in [5, 5.41) is 6.77. The predicted octanol–water partition coefficient (Wildman–Crippen LogP) is 2.13. The number of piperidine rings is 1. The van der Waals surface area contributed by atoms with E-state index < -0.39 is 33.0 Å². The molecule has 0 aliphatic carbocycles. The smallest absolute Gasteiger partial charge is 0.215 e. The van der Waals surface area contributed by atoms with Crippen molar-refractivity contribution in [1.82, 2.24) is 19.5 Å². The third-order valence-electron chi connectivity index (χ3n) is 6.56. The molecule has 0 saturated carbocycles. The summed E-state index contributed by atoms with van der Waals surface area (Å²) in [5.74, 6) is -2.82. The number of nitrogens with zero attached hydrogens (tertiary/aromatic N) is 3. The summed E-state index contributed by atoms with van der Waals surface area (Å²) in [6.07, 6.45) is 3.60. The molecule has 2 fully saturated rings. The van der Waals surface area contributed by atoms with E-state index in [1.807, 2.05) is 0 Å². The number of rotatable bonds is 11. The monoisotopic (exact) mass is 542 g/mol. The maximum atomic E-state index is 14.0. The van der Waals surface area contributed by atoms with Gasteiger partial charge in [-0.1, -0.05) is 17.4 Å². The summed E-state index contributed by atoms with van der Waals surface area (Å²) < 4.78 is 55.0. The van der Waals surface area contributed by atoms with Crippen LogP contribution in [0.15, 0.2) is 18.2 Å². The Morgan fingerprint density at radius 3 is 2.44 bits per heavy atom. The maximum absolute atomic E-state index is 14.0. The van der Waals surface area contributed by atoms with E-state index in [-0.39, 0.29) is 22.5 Å². The number of anilines is 2. The number of thiazole rings is 1. The van der Waals surface area contributed by atoms with Crippen molar-refractivity contribution >= 4 is 38.1 Å². The topological polar surface area (TPSA) is 121 Å². The number of benzene rings is 1. The SMILES string of the molecule is Nc1nc(NC2CCN(S(=O)(=O)CCNCCN3CCCC3)CC2)sc1C(=O)c1c(F)cccc1F. The van der Waals surface area contributed by atoms with Crippen molar-refractivity contribution in [2.75, 3.05) is 62.6 Å². The highest BCUT2D eigenvalue weighted by Gasteiger charge is 2.29. The number of halogens is 2. The van der Waals surface area contributed by atoms with Gasteiger partial charge in [0.15, 0.2) is 5.13 Å². The van der Waals surface area contributed by atoms with Crippen molar-refractivity contribution in [3.05, 3.63) is 40.3 Å². The molecule has 0 bridgehead atoms. The van der Waals surface area contributed by atoms with Crippen molar-refractivity contribution in [2.24, 2.45) is 0 Å². The van der Waals surface area contributed by atoms with Crippen LogP contribution in [0.3, 0.4) is 0 Å². The highest BCUT2D eigenvalue weighted by Crippen LogP contribution is 2.30. The van der Waals surface area contributed by atoms with E-state index in [4.69, 9.17) is 5.73 Å². The Hall–Kier alpha value is -2.19. The maximum Gasteiger partial charge on any atom is 0.215 e. The molecule has 198 valence electrons. The van der Waals surface area contributed by atoms with Crippen LogP contribution in [-0.2, 0) is 10.0 Å². The average molecular weight is 543 g/mol. The summed E-state index contributed by atoms with van der Waals surface area (Å²) in [5.41, 5.74) is 5.20. The molecule has 1 aromatic heterocycles. The molecular formula is C23H32F2N6O3S2. The van der Waals surface area contributed by atoms with Crippen molar-refractivity contribution in [1.29, 1.82) is 0 Å². The molecule has 0 atom stereocenters. The minimum atomic E-state index is -3.35. The lowest BCUT2D eigenvalue weighted by molar-refractivity contribution is 0.103. The van der Waals surface area contributed by atoms with Gasteiger partial charge in [0.1, 0.15) is 22.3 Å². The Labute approximate surface area is 214 Å². The van der Waals surface area contributed by atoms with Gasteiger partial charge in [-0.3, -0.25) is 4.79 Å². The molecule has 13 heteroatoms. The molecule has 2 saturated heterocycles. The number of nitrogens with one attached hydrogen (secondary N) is 2. The lowest BCUT2D eigenvalue weighted by Gasteiger charge is -2.31. The van der Waals surface area contributed by atoms with Crippen LogP contribution >= 0.6 is 11.3 Å². The fraction of sp³-hybridized carbons (Fsp3) is 0.565. The molecule has 0 radical (unpaired) electrons. The summed E-state index contributed by atoms with van der Waals surface area (Å²) in [4.78, 5) is 19.1. The highest BCUT2D eigenvalue weighted by molar-refractivity contribution is 7.89. The molecule has 2 aliphatic heterocycles. The first-order chi connectivity index (χ1) is 17.2. The number of sulfonamides is 1. The van der Waals surface area contributed by atoms with Crippen LogP contribution in [0, 0.1) is 11.6 Å². The first-order valence-corrected chi connectivity index (χ1v) is 14.6. The minimum Gasteiger partial charge on any atom is -0.382 e. The summed E-state index contributed by atoms with van der Waals surface area (Å²) in [6, 6.07) is 3.15. The van der Waals surface area contributed by atoms with E-state index >= 15 is 0 Å². The van der Waals surface area contributed by atoms with Crippen molar-refractivity contribution < 1.29 is 22.0 Å². The number of carbonyl (C=O) groups excluding carboxylic acids is 1. The fourth-order valence-electron chi connectivity index (χ4n) is 4.54. The zero-order valence-corrected chi connectivity index (χ0v) is 21.6. The second kappa shape index (κ2) is 11.9. The number of likely N-dealkylation sites (tertiary alicyclic amines) is 1. The Bertz CT molecular complexity index is 1140. The molecule has 0 amide bonds. The van der Waals surface area contributed by atoms with Crippen LogP contribution in [0.5, 0.6) is 0 Å². The number of hydrogen-bond acceptors (Lipinski definition) is 9. The summed E-state index contributed by atoms with van der Waals surface area (Å²) in [7, 11) is -3.35. The van der Waals surface area contributed by atoms with Crippen LogP contribution in [0.25, 0.3) is 0 Å². The number of nitrogens with two attached hydrogens (primary N) is 1. The normalized spacial score (nSPS) is 18.1. The number of nitrogen functional groups attached to an aromatic ring is 1. The van der Waals surface area contributed by atoms with Crippen LogP contribution in [-0.4, -0.2) is 86.0 Å². The van der Waals surface area contributed by atoms with Gasteiger partial charge in [0, 0.05) is 38.8 Å². The third-order valence-corrected chi connectivity index (χ3v) is 9.44. The largest absolute Gasteiger partial charge is 0.382 e. The number of ketones is 1. The highest BCUT2D eigenvalue weighted by atomic mass is 32.2. The number of hydrogen-bond donors (Lipinski definition) is 3. The van der Waals surface area contributed by atoms with Crippen LogP contribution in [0.1, 0.15) is 40.9 Å². The molecule has 0 unspecified atom stereocenters. The quantitative estimate of drug-likeness (QED) is 0.292. The Kier molecular flexibility index (Phi) is 8.88. The van der Waals surface area contributed by atoms with E-state index in [9.17, 15) is 22.0 Å². The Balaban J connectivity index is 1.24. The Morgan fingerprint density at radius 1 is 1.11 bits per heavy atom. The lowest BCUT2D eigenvalue weighted by atomic mass is 10.1. The molecule has 2 aliphatic rings. The molecule has 9 nitrogen and oxygen atoms in total. The zero-order chi connectivity index (χ0) is 25.7. The summed E-state index contributed by atoms with van der Waals surface area (Å²) >= 11 is 0.931. The number of aromatic nitrogens is 1. The lowest BCUT2D eigenvalue weighted by Crippen LogP contribution is -2.44. The van der Waals surface area contributed by atoms with E-state index in [2.05, 4.69) is 20.5 Å². The first-order valence-electron chi connectivity index (χ1n) is 12.2. The third kappa shape index (κ3) is 6.57. The van der Waals surface area contributed by atoms with Crippen LogP contribution in [0.2, 0.25) is 0 Å². The van der Waals surface area contributed by atoms with Gasteiger partial charge in [-0.15, -0.1) is 0 Å². The van der Waals surface area contributed by atoms with Crippen molar-refractivity contribution in [3.63, 3.8) is 0 Å². The number of carbonyl (C=O) groups is 1. The molecule has 4 rings (SSSR count). The van der Waals surface area contributed by atoms with E-state index in [1.54, 1.807) is 0 Å². The van der Waals surface area contributed by atoms with Crippen LogP contribution < -0.4 is 16.4 Å². The summed E-state index contributed by atoms with van der Waals surface area (Å²) in [6.45, 7) is 5.15. The van der Waals surface area contributed by atoms with E-state index in [1.165, 1.54) is 23.2 Å². The van der Waals surface area contributed by atoms with Gasteiger partial charge in [0.2, 0.25) is 15.8 Å². The van der Waals surface area contributed by atoms with Gasteiger partial charge >= 0.3 is 0 Å². The average Bonchev–Trinajstić information content (AvgIpc) is 3.48. The van der Waals surface area contributed by atoms with E-state index in [0.29, 0.717) is 37.6 Å². The van der Waals surface area contributed by atoms with Gasteiger partial charge in [0.25, 0.3) is 0 Å². The minimum absolute atomic E-state index is 0.0428. The van der Waals surface area contributed by atoms with Crippen LogP contribution in [0.4, 0.5) is 19.7 Å². The van der Waals surface area contributed by atoms with Gasteiger partial charge in [-0.25, -0.2) is 26.5 Å². The van der Waals surface area contributed by atoms with Gasteiger partial charge in [0.05, 0.1) is 11.3 Å². The van der Waals surface area contributed by atoms with Gasteiger partial charge in [-0.05, 0) is 50.9 Å². The molecular weight excluding hydrogens is 510 g/mol. The van der Waals surface area contributed by atoms with Crippen molar-refractivity contribution in [2.45, 2.75) is 31.7 Å². The molecule has 1 aromatic carbocycles. The molecule has 3 heterocycles. The second-order valence-corrected chi connectivity index (χ2v) is 12.2. The molecule has 4 N–H and O–H groups in total. The molecule has 2 aromatic rings.